The zero-order valence-electron chi connectivity index (χ0n) is 20.1. The van der Waals surface area contributed by atoms with Gasteiger partial charge in [-0.25, -0.2) is 9.31 Å². The SMILES string of the molecule is COC[C@H]1CN(Cc2ccn3ncc(N4CCC(=O)NC4=O)c3c2)CCN1CC1CCCCC1. The molecule has 0 spiro atoms. The van der Waals surface area contributed by atoms with Gasteiger partial charge in [-0.2, -0.15) is 5.10 Å². The van der Waals surface area contributed by atoms with E-state index in [2.05, 4.69) is 32.3 Å². The number of fused-ring (bicyclic) bond motifs is 1. The molecule has 9 nitrogen and oxygen atoms in total. The molecule has 4 heterocycles. The number of amides is 3. The van der Waals surface area contributed by atoms with Crippen molar-refractivity contribution in [2.24, 2.45) is 5.92 Å². The number of nitrogens with one attached hydrogen (secondary N) is 1. The molecule has 3 fully saturated rings. The van der Waals surface area contributed by atoms with E-state index in [9.17, 15) is 9.59 Å². The molecule has 5 rings (SSSR count). The van der Waals surface area contributed by atoms with Crippen molar-refractivity contribution in [1.82, 2.24) is 24.7 Å². The second-order valence-corrected chi connectivity index (χ2v) is 9.99. The first-order chi connectivity index (χ1) is 16.6. The largest absolute Gasteiger partial charge is 0.383 e. The van der Waals surface area contributed by atoms with Gasteiger partial charge in [0, 0.05) is 65.0 Å². The fraction of sp³-hybridized carbons (Fsp3) is 0.640. The van der Waals surface area contributed by atoms with E-state index in [-0.39, 0.29) is 11.9 Å². The third-order valence-corrected chi connectivity index (χ3v) is 7.58. The second kappa shape index (κ2) is 10.4. The van der Waals surface area contributed by atoms with Crippen LogP contribution in [0.15, 0.2) is 24.5 Å². The number of hydrogen-bond donors (Lipinski definition) is 1. The Balaban J connectivity index is 1.26. The van der Waals surface area contributed by atoms with Crippen molar-refractivity contribution in [2.45, 2.75) is 51.1 Å². The van der Waals surface area contributed by atoms with Crippen molar-refractivity contribution in [3.63, 3.8) is 0 Å². The van der Waals surface area contributed by atoms with Crippen LogP contribution in [0.4, 0.5) is 10.5 Å². The van der Waals surface area contributed by atoms with Gasteiger partial charge in [-0.05, 0) is 36.5 Å². The van der Waals surface area contributed by atoms with E-state index in [1.165, 1.54) is 44.2 Å². The van der Waals surface area contributed by atoms with Crippen LogP contribution in [0, 0.1) is 5.92 Å². The van der Waals surface area contributed by atoms with Gasteiger partial charge in [-0.15, -0.1) is 0 Å². The Bertz CT molecular complexity index is 1020. The Hall–Kier alpha value is -2.49. The van der Waals surface area contributed by atoms with Crippen LogP contribution >= 0.6 is 0 Å². The third-order valence-electron chi connectivity index (χ3n) is 7.58. The number of imide groups is 1. The monoisotopic (exact) mass is 468 g/mol. The Labute approximate surface area is 201 Å². The van der Waals surface area contributed by atoms with Gasteiger partial charge in [0.15, 0.2) is 0 Å². The third kappa shape index (κ3) is 5.11. The molecule has 2 aliphatic heterocycles. The predicted molar refractivity (Wildman–Crippen MR) is 130 cm³/mol. The number of nitrogens with zero attached hydrogens (tertiary/aromatic N) is 5. The lowest BCUT2D eigenvalue weighted by molar-refractivity contribution is -0.120. The van der Waals surface area contributed by atoms with Crippen LogP contribution in [0.25, 0.3) is 5.52 Å². The van der Waals surface area contributed by atoms with Crippen LogP contribution in [0.1, 0.15) is 44.1 Å². The van der Waals surface area contributed by atoms with Gasteiger partial charge >= 0.3 is 6.03 Å². The number of aromatic nitrogens is 2. The molecule has 184 valence electrons. The van der Waals surface area contributed by atoms with E-state index in [4.69, 9.17) is 4.74 Å². The molecule has 3 aliphatic rings. The lowest BCUT2D eigenvalue weighted by Gasteiger charge is -2.43. The van der Waals surface area contributed by atoms with Crippen LogP contribution in [0.2, 0.25) is 0 Å². The number of carbonyl (C=O) groups is 2. The summed E-state index contributed by atoms with van der Waals surface area (Å²) < 4.78 is 7.39. The van der Waals surface area contributed by atoms with E-state index in [0.717, 1.165) is 49.9 Å². The van der Waals surface area contributed by atoms with Crippen molar-refractivity contribution in [3.05, 3.63) is 30.1 Å². The normalized spacial score (nSPS) is 23.6. The van der Waals surface area contributed by atoms with Gasteiger partial charge in [-0.1, -0.05) is 19.3 Å². The highest BCUT2D eigenvalue weighted by Gasteiger charge is 2.30. The highest BCUT2D eigenvalue weighted by Crippen LogP contribution is 2.27. The first-order valence-corrected chi connectivity index (χ1v) is 12.6. The van der Waals surface area contributed by atoms with Crippen molar-refractivity contribution >= 4 is 23.1 Å². The summed E-state index contributed by atoms with van der Waals surface area (Å²) in [6.45, 7) is 6.30. The van der Waals surface area contributed by atoms with Gasteiger partial charge < -0.3 is 4.74 Å². The number of carbonyl (C=O) groups excluding carboxylic acids is 2. The molecule has 0 unspecified atom stereocenters. The molecule has 0 radical (unpaired) electrons. The Morgan fingerprint density at radius 3 is 2.79 bits per heavy atom. The molecule has 0 aromatic carbocycles. The number of methoxy groups -OCH3 is 1. The zero-order valence-corrected chi connectivity index (χ0v) is 20.1. The van der Waals surface area contributed by atoms with Gasteiger partial charge in [-0.3, -0.25) is 24.8 Å². The van der Waals surface area contributed by atoms with Crippen molar-refractivity contribution < 1.29 is 14.3 Å². The quantitative estimate of drug-likeness (QED) is 0.672. The molecule has 2 aromatic rings. The first-order valence-electron chi connectivity index (χ1n) is 12.6. The lowest BCUT2D eigenvalue weighted by atomic mass is 9.88. The van der Waals surface area contributed by atoms with Gasteiger partial charge in [0.25, 0.3) is 0 Å². The van der Waals surface area contributed by atoms with E-state index < -0.39 is 0 Å². The van der Waals surface area contributed by atoms with Crippen LogP contribution < -0.4 is 10.2 Å². The molecular weight excluding hydrogens is 432 g/mol. The summed E-state index contributed by atoms with van der Waals surface area (Å²) >= 11 is 0. The number of piperazine rings is 1. The Morgan fingerprint density at radius 2 is 2.00 bits per heavy atom. The molecule has 1 saturated carbocycles. The molecular formula is C25H36N6O3. The Kier molecular flexibility index (Phi) is 7.12. The van der Waals surface area contributed by atoms with Gasteiger partial charge in [0.05, 0.1) is 24.0 Å². The average molecular weight is 469 g/mol. The summed E-state index contributed by atoms with van der Waals surface area (Å²) in [4.78, 5) is 30.7. The molecule has 34 heavy (non-hydrogen) atoms. The Morgan fingerprint density at radius 1 is 1.15 bits per heavy atom. The van der Waals surface area contributed by atoms with Crippen LogP contribution in [0.5, 0.6) is 0 Å². The molecule has 9 heteroatoms. The standard InChI is InChI=1S/C25H36N6O3/c1-34-18-21-17-28(11-12-29(21)16-19-5-3-2-4-6-19)15-20-7-10-31-22(13-20)23(14-26-31)30-9-8-24(32)27-25(30)33/h7,10,13-14,19,21H,2-6,8-9,11-12,15-18H2,1H3,(H,27,32,33)/t21-/m1/s1. The van der Waals surface area contributed by atoms with Crippen LogP contribution in [0.3, 0.4) is 0 Å². The van der Waals surface area contributed by atoms with Gasteiger partial charge in [0.2, 0.25) is 5.91 Å². The first kappa shape index (κ1) is 23.3. The molecule has 1 aliphatic carbocycles. The minimum Gasteiger partial charge on any atom is -0.383 e. The molecule has 2 aromatic heterocycles. The number of ether oxygens (including phenoxy) is 1. The number of anilines is 1. The minimum atomic E-state index is -0.381. The van der Waals surface area contributed by atoms with Crippen LogP contribution in [-0.2, 0) is 16.1 Å². The number of hydrogen-bond acceptors (Lipinski definition) is 6. The number of pyridine rings is 1. The highest BCUT2D eigenvalue weighted by molar-refractivity contribution is 6.07. The lowest BCUT2D eigenvalue weighted by Crippen LogP contribution is -2.55. The van der Waals surface area contributed by atoms with E-state index >= 15 is 0 Å². The van der Waals surface area contributed by atoms with Crippen molar-refractivity contribution in [2.75, 3.05) is 51.3 Å². The van der Waals surface area contributed by atoms with Crippen molar-refractivity contribution in [1.29, 1.82) is 0 Å². The molecule has 1 N–H and O–H groups in total. The summed E-state index contributed by atoms with van der Waals surface area (Å²) in [7, 11) is 1.80. The van der Waals surface area contributed by atoms with Gasteiger partial charge in [0.1, 0.15) is 0 Å². The highest BCUT2D eigenvalue weighted by atomic mass is 16.5. The maximum absolute atomic E-state index is 12.4. The molecule has 1 atom stereocenters. The average Bonchev–Trinajstić information content (AvgIpc) is 3.25. The number of rotatable bonds is 7. The maximum atomic E-state index is 12.4. The van der Waals surface area contributed by atoms with E-state index in [1.807, 2.05) is 6.20 Å². The summed E-state index contributed by atoms with van der Waals surface area (Å²) in [6.07, 6.45) is 10.9. The molecule has 2 saturated heterocycles. The minimum absolute atomic E-state index is 0.230. The van der Waals surface area contributed by atoms with Crippen molar-refractivity contribution in [3.8, 4) is 0 Å². The van der Waals surface area contributed by atoms with Crippen LogP contribution in [-0.4, -0.2) is 83.8 Å². The smallest absolute Gasteiger partial charge is 0.328 e. The molecule has 3 amide bonds. The summed E-state index contributed by atoms with van der Waals surface area (Å²) in [6, 6.07) is 4.26. The summed E-state index contributed by atoms with van der Waals surface area (Å²) in [5.41, 5.74) is 2.81. The maximum Gasteiger partial charge on any atom is 0.328 e. The zero-order chi connectivity index (χ0) is 23.5. The van der Waals surface area contributed by atoms with E-state index in [1.54, 1.807) is 22.7 Å². The topological polar surface area (TPSA) is 82.4 Å². The predicted octanol–water partition coefficient (Wildman–Crippen LogP) is 2.49. The molecule has 0 bridgehead atoms. The second-order valence-electron chi connectivity index (χ2n) is 9.99. The summed E-state index contributed by atoms with van der Waals surface area (Å²) in [5.74, 6) is 0.608. The van der Waals surface area contributed by atoms with E-state index in [0.29, 0.717) is 19.0 Å². The fourth-order valence-corrected chi connectivity index (χ4v) is 5.76. The summed E-state index contributed by atoms with van der Waals surface area (Å²) in [5, 5.41) is 6.81. The number of urea groups is 1. The fourth-order valence-electron chi connectivity index (χ4n) is 5.76.